The van der Waals surface area contributed by atoms with Crippen LogP contribution in [0.25, 0.3) is 0 Å². The van der Waals surface area contributed by atoms with E-state index in [-0.39, 0.29) is 37.3 Å². The largest absolute Gasteiger partial charge is 0.327 e. The highest BCUT2D eigenvalue weighted by molar-refractivity contribution is 6.01. The SMILES string of the molecule is O=C1CN(Cc2ccc([N+](=O)[O-])cc2)C(=O)N1Cc1ccccc1. The van der Waals surface area contributed by atoms with Gasteiger partial charge in [0.25, 0.3) is 11.6 Å². The van der Waals surface area contributed by atoms with Crippen LogP contribution in [0.3, 0.4) is 0 Å². The van der Waals surface area contributed by atoms with Gasteiger partial charge in [-0.2, -0.15) is 0 Å². The first-order valence-corrected chi connectivity index (χ1v) is 7.41. The molecule has 0 bridgehead atoms. The molecule has 1 fully saturated rings. The summed E-state index contributed by atoms with van der Waals surface area (Å²) in [6.45, 7) is 0.506. The van der Waals surface area contributed by atoms with E-state index in [1.54, 1.807) is 12.1 Å². The van der Waals surface area contributed by atoms with Crippen molar-refractivity contribution >= 4 is 17.6 Å². The molecule has 0 spiro atoms. The molecule has 122 valence electrons. The lowest BCUT2D eigenvalue weighted by molar-refractivity contribution is -0.384. The molecule has 0 aromatic heterocycles. The van der Waals surface area contributed by atoms with Crippen LogP contribution in [0.4, 0.5) is 10.5 Å². The zero-order valence-corrected chi connectivity index (χ0v) is 12.8. The highest BCUT2D eigenvalue weighted by Gasteiger charge is 2.35. The molecule has 0 atom stereocenters. The number of rotatable bonds is 5. The molecule has 1 heterocycles. The van der Waals surface area contributed by atoms with Crippen LogP contribution in [0.5, 0.6) is 0 Å². The normalized spacial score (nSPS) is 14.3. The number of nitrogens with zero attached hydrogens (tertiary/aromatic N) is 3. The number of benzene rings is 2. The van der Waals surface area contributed by atoms with Crippen LogP contribution >= 0.6 is 0 Å². The van der Waals surface area contributed by atoms with E-state index in [2.05, 4.69) is 0 Å². The number of non-ortho nitro benzene ring substituents is 1. The molecule has 0 radical (unpaired) electrons. The number of hydrogen-bond donors (Lipinski definition) is 0. The number of nitro groups is 1. The predicted molar refractivity (Wildman–Crippen MR) is 85.9 cm³/mol. The smallest absolute Gasteiger partial charge is 0.311 e. The first kappa shape index (κ1) is 15.7. The van der Waals surface area contributed by atoms with Gasteiger partial charge >= 0.3 is 6.03 Å². The fourth-order valence-corrected chi connectivity index (χ4v) is 2.58. The highest BCUT2D eigenvalue weighted by Crippen LogP contribution is 2.19. The lowest BCUT2D eigenvalue weighted by Crippen LogP contribution is -2.32. The number of carbonyl (C=O) groups is 2. The first-order chi connectivity index (χ1) is 11.5. The van der Waals surface area contributed by atoms with Crippen LogP contribution in [0.15, 0.2) is 54.6 Å². The highest BCUT2D eigenvalue weighted by atomic mass is 16.6. The molecule has 3 rings (SSSR count). The maximum Gasteiger partial charge on any atom is 0.327 e. The number of carbonyl (C=O) groups excluding carboxylic acids is 2. The Morgan fingerprint density at radius 3 is 2.17 bits per heavy atom. The van der Waals surface area contributed by atoms with Gasteiger partial charge in [-0.25, -0.2) is 4.79 Å². The lowest BCUT2D eigenvalue weighted by atomic mass is 10.2. The standard InChI is InChI=1S/C17H15N3O4/c21-16-12-18(10-14-6-8-15(9-7-14)20(23)24)17(22)19(16)11-13-4-2-1-3-5-13/h1-9H,10-12H2. The number of amides is 3. The molecule has 0 unspecified atom stereocenters. The van der Waals surface area contributed by atoms with Crippen LogP contribution in [0.2, 0.25) is 0 Å². The number of imide groups is 1. The quantitative estimate of drug-likeness (QED) is 0.480. The summed E-state index contributed by atoms with van der Waals surface area (Å²) in [5.74, 6) is -0.245. The van der Waals surface area contributed by atoms with Crippen LogP contribution in [0.1, 0.15) is 11.1 Å². The molecule has 0 aliphatic carbocycles. The van der Waals surface area contributed by atoms with Crippen LogP contribution in [-0.2, 0) is 17.9 Å². The van der Waals surface area contributed by atoms with Gasteiger partial charge in [0.05, 0.1) is 11.5 Å². The topological polar surface area (TPSA) is 83.8 Å². The fraction of sp³-hybridized carbons (Fsp3) is 0.176. The Morgan fingerprint density at radius 1 is 0.917 bits per heavy atom. The van der Waals surface area contributed by atoms with E-state index in [9.17, 15) is 19.7 Å². The molecular weight excluding hydrogens is 310 g/mol. The summed E-state index contributed by atoms with van der Waals surface area (Å²) in [6.07, 6.45) is 0. The molecule has 2 aromatic carbocycles. The molecule has 1 aliphatic rings. The van der Waals surface area contributed by atoms with Gasteiger partial charge in [-0.3, -0.25) is 19.8 Å². The minimum Gasteiger partial charge on any atom is -0.311 e. The molecule has 0 saturated carbocycles. The van der Waals surface area contributed by atoms with Crippen molar-refractivity contribution in [3.05, 3.63) is 75.8 Å². The zero-order valence-electron chi connectivity index (χ0n) is 12.8. The first-order valence-electron chi connectivity index (χ1n) is 7.41. The number of nitro benzene ring substituents is 1. The number of urea groups is 1. The van der Waals surface area contributed by atoms with Gasteiger partial charge in [0.1, 0.15) is 6.54 Å². The van der Waals surface area contributed by atoms with Crippen molar-refractivity contribution in [2.24, 2.45) is 0 Å². The summed E-state index contributed by atoms with van der Waals surface area (Å²) in [6, 6.07) is 14.9. The van der Waals surface area contributed by atoms with Crippen molar-refractivity contribution in [2.45, 2.75) is 13.1 Å². The van der Waals surface area contributed by atoms with E-state index in [0.717, 1.165) is 11.1 Å². The van der Waals surface area contributed by atoms with Crippen LogP contribution in [-0.4, -0.2) is 33.2 Å². The second kappa shape index (κ2) is 6.49. The van der Waals surface area contributed by atoms with Gasteiger partial charge in [0.2, 0.25) is 0 Å². The van der Waals surface area contributed by atoms with Crippen LogP contribution < -0.4 is 0 Å². The summed E-state index contributed by atoms with van der Waals surface area (Å²) in [5, 5.41) is 10.7. The summed E-state index contributed by atoms with van der Waals surface area (Å²) in [5.41, 5.74) is 1.62. The minimum absolute atomic E-state index is 0.00622. The fourth-order valence-electron chi connectivity index (χ4n) is 2.58. The summed E-state index contributed by atoms with van der Waals surface area (Å²) in [7, 11) is 0. The van der Waals surface area contributed by atoms with Gasteiger partial charge < -0.3 is 4.90 Å². The molecule has 1 saturated heterocycles. The third kappa shape index (κ3) is 3.24. The monoisotopic (exact) mass is 325 g/mol. The molecule has 7 heteroatoms. The van der Waals surface area contributed by atoms with Crippen molar-refractivity contribution in [1.82, 2.24) is 9.80 Å². The second-order valence-electron chi connectivity index (χ2n) is 5.53. The Kier molecular flexibility index (Phi) is 4.24. The molecule has 0 N–H and O–H groups in total. The van der Waals surface area contributed by atoms with Gasteiger partial charge in [0, 0.05) is 18.7 Å². The minimum atomic E-state index is -0.476. The van der Waals surface area contributed by atoms with Crippen molar-refractivity contribution in [3.63, 3.8) is 0 Å². The Balaban J connectivity index is 1.68. The van der Waals surface area contributed by atoms with E-state index < -0.39 is 4.92 Å². The Hall–Kier alpha value is -3.22. The van der Waals surface area contributed by atoms with E-state index in [4.69, 9.17) is 0 Å². The summed E-state index contributed by atoms with van der Waals surface area (Å²) < 4.78 is 0. The number of hydrogen-bond acceptors (Lipinski definition) is 4. The predicted octanol–water partition coefficient (Wildman–Crippen LogP) is 2.56. The van der Waals surface area contributed by atoms with Crippen LogP contribution in [0, 0.1) is 10.1 Å². The van der Waals surface area contributed by atoms with Crippen molar-refractivity contribution in [3.8, 4) is 0 Å². The van der Waals surface area contributed by atoms with Crippen molar-refractivity contribution in [2.75, 3.05) is 6.54 Å². The zero-order chi connectivity index (χ0) is 17.1. The van der Waals surface area contributed by atoms with Gasteiger partial charge in [-0.05, 0) is 11.1 Å². The summed E-state index contributed by atoms with van der Waals surface area (Å²) in [4.78, 5) is 37.4. The Morgan fingerprint density at radius 2 is 1.54 bits per heavy atom. The summed E-state index contributed by atoms with van der Waals surface area (Å²) >= 11 is 0. The Labute approximate surface area is 138 Å². The van der Waals surface area contributed by atoms with Gasteiger partial charge in [-0.1, -0.05) is 42.5 Å². The molecule has 2 aromatic rings. The Bertz CT molecular complexity index is 774. The second-order valence-corrected chi connectivity index (χ2v) is 5.53. The average Bonchev–Trinajstić information content (AvgIpc) is 2.84. The third-order valence-corrected chi connectivity index (χ3v) is 3.83. The van der Waals surface area contributed by atoms with Crippen molar-refractivity contribution < 1.29 is 14.5 Å². The maximum absolute atomic E-state index is 12.4. The third-order valence-electron chi connectivity index (χ3n) is 3.83. The maximum atomic E-state index is 12.4. The molecule has 7 nitrogen and oxygen atoms in total. The van der Waals surface area contributed by atoms with E-state index in [0.29, 0.717) is 0 Å². The molecular formula is C17H15N3O4. The average molecular weight is 325 g/mol. The molecule has 1 aliphatic heterocycles. The van der Waals surface area contributed by atoms with Gasteiger partial charge in [0.15, 0.2) is 0 Å². The molecule has 3 amide bonds. The van der Waals surface area contributed by atoms with Crippen molar-refractivity contribution in [1.29, 1.82) is 0 Å². The molecule has 24 heavy (non-hydrogen) atoms. The van der Waals surface area contributed by atoms with Gasteiger partial charge in [-0.15, -0.1) is 0 Å². The van der Waals surface area contributed by atoms with E-state index in [1.807, 2.05) is 30.3 Å². The van der Waals surface area contributed by atoms with E-state index >= 15 is 0 Å². The van der Waals surface area contributed by atoms with E-state index in [1.165, 1.54) is 21.9 Å². The lowest BCUT2D eigenvalue weighted by Gasteiger charge is -2.17.